The molecule has 0 aliphatic carbocycles. The summed E-state index contributed by atoms with van der Waals surface area (Å²) in [7, 11) is -2.26. The van der Waals surface area contributed by atoms with Crippen molar-refractivity contribution in [1.82, 2.24) is 0 Å². The molecule has 0 radical (unpaired) electrons. The average molecular weight is 348 g/mol. The fraction of sp³-hybridized carbons (Fsp3) is 0.333. The minimum Gasteiger partial charge on any atom is -0.495 e. The number of hydrogen-bond donors (Lipinski definition) is 2. The van der Waals surface area contributed by atoms with Crippen molar-refractivity contribution in [2.24, 2.45) is 0 Å². The quantitative estimate of drug-likeness (QED) is 0.793. The maximum absolute atomic E-state index is 12.6. The third-order valence-corrected chi connectivity index (χ3v) is 5.17. The van der Waals surface area contributed by atoms with Gasteiger partial charge in [-0.1, -0.05) is 13.0 Å². The van der Waals surface area contributed by atoms with Gasteiger partial charge in [0.1, 0.15) is 10.6 Å². The second kappa shape index (κ2) is 7.57. The molecule has 0 spiro atoms. The number of nitrogens with one attached hydrogen (secondary N) is 2. The highest BCUT2D eigenvalue weighted by molar-refractivity contribution is 7.92. The number of methoxy groups -OCH3 is 1. The molecular weight excluding hydrogens is 324 g/mol. The summed E-state index contributed by atoms with van der Waals surface area (Å²) in [5, 5.41) is 3.34. The predicted octanol–water partition coefficient (Wildman–Crippen LogP) is 4.01. The van der Waals surface area contributed by atoms with Crippen LogP contribution in [0.25, 0.3) is 0 Å². The molecular formula is C18H24N2O3S. The van der Waals surface area contributed by atoms with Crippen LogP contribution in [0.3, 0.4) is 0 Å². The highest BCUT2D eigenvalue weighted by atomic mass is 32.2. The lowest BCUT2D eigenvalue weighted by molar-refractivity contribution is 0.402. The van der Waals surface area contributed by atoms with Crippen LogP contribution in [0.15, 0.2) is 47.4 Å². The fourth-order valence-electron chi connectivity index (χ4n) is 2.23. The minimum absolute atomic E-state index is 0.131. The Hall–Kier alpha value is -2.21. The molecule has 24 heavy (non-hydrogen) atoms. The summed E-state index contributed by atoms with van der Waals surface area (Å²) in [5.74, 6) is 0.322. The van der Waals surface area contributed by atoms with Gasteiger partial charge in [0.15, 0.2) is 0 Å². The van der Waals surface area contributed by atoms with E-state index in [0.29, 0.717) is 17.5 Å². The van der Waals surface area contributed by atoms with Gasteiger partial charge in [-0.2, -0.15) is 0 Å². The Morgan fingerprint density at radius 1 is 1.08 bits per heavy atom. The molecule has 2 rings (SSSR count). The second-order valence-corrected chi connectivity index (χ2v) is 7.44. The Balaban J connectivity index is 2.22. The number of anilines is 2. The summed E-state index contributed by atoms with van der Waals surface area (Å²) in [4.78, 5) is 0.131. The first-order valence-electron chi connectivity index (χ1n) is 7.89. The van der Waals surface area contributed by atoms with Crippen LogP contribution in [-0.4, -0.2) is 21.6 Å². The van der Waals surface area contributed by atoms with Crippen molar-refractivity contribution < 1.29 is 13.2 Å². The Labute approximate surface area is 144 Å². The lowest BCUT2D eigenvalue weighted by Gasteiger charge is -2.15. The summed E-state index contributed by atoms with van der Waals surface area (Å²) in [6.45, 7) is 6.05. The highest BCUT2D eigenvalue weighted by Crippen LogP contribution is 2.27. The number of hydrogen-bond acceptors (Lipinski definition) is 4. The van der Waals surface area contributed by atoms with Crippen molar-refractivity contribution in [2.45, 2.75) is 38.1 Å². The number of benzene rings is 2. The van der Waals surface area contributed by atoms with Crippen LogP contribution in [0.2, 0.25) is 0 Å². The molecule has 0 aliphatic heterocycles. The van der Waals surface area contributed by atoms with Gasteiger partial charge in [-0.15, -0.1) is 0 Å². The second-order valence-electron chi connectivity index (χ2n) is 5.79. The van der Waals surface area contributed by atoms with Crippen LogP contribution < -0.4 is 14.8 Å². The van der Waals surface area contributed by atoms with Gasteiger partial charge in [0.05, 0.1) is 7.11 Å². The summed E-state index contributed by atoms with van der Waals surface area (Å²) >= 11 is 0. The van der Waals surface area contributed by atoms with E-state index in [1.54, 1.807) is 24.3 Å². The van der Waals surface area contributed by atoms with Crippen molar-refractivity contribution in [3.05, 3.63) is 48.0 Å². The van der Waals surface area contributed by atoms with E-state index >= 15 is 0 Å². The molecule has 0 saturated carbocycles. The molecule has 6 heteroatoms. The van der Waals surface area contributed by atoms with Gasteiger partial charge in [-0.3, -0.25) is 4.72 Å². The zero-order chi connectivity index (χ0) is 17.7. The molecule has 0 fully saturated rings. The lowest BCUT2D eigenvalue weighted by atomic mass is 10.2. The van der Waals surface area contributed by atoms with Crippen LogP contribution >= 0.6 is 0 Å². The van der Waals surface area contributed by atoms with Crippen LogP contribution in [0.1, 0.15) is 25.8 Å². The number of ether oxygens (including phenoxy) is 1. The molecule has 2 N–H and O–H groups in total. The van der Waals surface area contributed by atoms with Gasteiger partial charge >= 0.3 is 0 Å². The molecule has 0 heterocycles. The van der Waals surface area contributed by atoms with Crippen molar-refractivity contribution in [2.75, 3.05) is 17.1 Å². The van der Waals surface area contributed by atoms with Crippen molar-refractivity contribution in [3.8, 4) is 5.75 Å². The smallest absolute Gasteiger partial charge is 0.265 e. The summed E-state index contributed by atoms with van der Waals surface area (Å²) in [6.07, 6.45) is 1.02. The maximum Gasteiger partial charge on any atom is 0.265 e. The SMILES string of the molecule is CCC(C)Nc1ccc(NS(=O)(=O)c2cc(C)ccc2OC)cc1. The summed E-state index contributed by atoms with van der Waals surface area (Å²) in [6, 6.07) is 12.6. The fourth-order valence-corrected chi connectivity index (χ4v) is 3.54. The molecule has 2 aromatic rings. The molecule has 0 aromatic heterocycles. The Bertz CT molecular complexity index is 786. The Morgan fingerprint density at radius 2 is 1.71 bits per heavy atom. The molecule has 0 bridgehead atoms. The van der Waals surface area contributed by atoms with Gasteiger partial charge in [0.25, 0.3) is 10.0 Å². The maximum atomic E-state index is 12.6. The topological polar surface area (TPSA) is 67.4 Å². The van der Waals surface area contributed by atoms with E-state index in [2.05, 4.69) is 23.9 Å². The molecule has 1 atom stereocenters. The van der Waals surface area contributed by atoms with E-state index in [9.17, 15) is 8.42 Å². The minimum atomic E-state index is -3.71. The third kappa shape index (κ3) is 4.41. The average Bonchev–Trinajstić information content (AvgIpc) is 2.56. The van der Waals surface area contributed by atoms with Crippen molar-refractivity contribution in [1.29, 1.82) is 0 Å². The van der Waals surface area contributed by atoms with Gasteiger partial charge < -0.3 is 10.1 Å². The molecule has 1 unspecified atom stereocenters. The highest BCUT2D eigenvalue weighted by Gasteiger charge is 2.19. The molecule has 0 saturated heterocycles. The first kappa shape index (κ1) is 18.1. The van der Waals surface area contributed by atoms with Crippen LogP contribution in [0, 0.1) is 6.92 Å². The standard InChI is InChI=1S/C18H24N2O3S/c1-5-14(3)19-15-7-9-16(10-8-15)20-24(21,22)18-12-13(2)6-11-17(18)23-4/h6-12,14,19-20H,5H2,1-4H3. The summed E-state index contributed by atoms with van der Waals surface area (Å²) in [5.41, 5.74) is 2.32. The zero-order valence-corrected chi connectivity index (χ0v) is 15.3. The van der Waals surface area contributed by atoms with Gasteiger partial charge in [-0.25, -0.2) is 8.42 Å². The first-order valence-corrected chi connectivity index (χ1v) is 9.38. The molecule has 0 aliphatic rings. The molecule has 2 aromatic carbocycles. The van der Waals surface area contributed by atoms with E-state index in [4.69, 9.17) is 4.74 Å². The molecule has 5 nitrogen and oxygen atoms in total. The van der Waals surface area contributed by atoms with E-state index < -0.39 is 10.0 Å². The molecule has 0 amide bonds. The van der Waals surface area contributed by atoms with Gasteiger partial charge in [-0.05, 0) is 62.2 Å². The number of aryl methyl sites for hydroxylation is 1. The first-order chi connectivity index (χ1) is 11.4. The zero-order valence-electron chi connectivity index (χ0n) is 14.5. The van der Waals surface area contributed by atoms with Gasteiger partial charge in [0.2, 0.25) is 0 Å². The van der Waals surface area contributed by atoms with E-state index in [0.717, 1.165) is 17.7 Å². The van der Waals surface area contributed by atoms with Crippen LogP contribution in [0.4, 0.5) is 11.4 Å². The largest absolute Gasteiger partial charge is 0.495 e. The lowest BCUT2D eigenvalue weighted by Crippen LogP contribution is -2.15. The number of sulfonamides is 1. The van der Waals surface area contributed by atoms with Crippen molar-refractivity contribution >= 4 is 21.4 Å². The third-order valence-electron chi connectivity index (χ3n) is 3.77. The monoisotopic (exact) mass is 348 g/mol. The Kier molecular flexibility index (Phi) is 5.72. The Morgan fingerprint density at radius 3 is 2.29 bits per heavy atom. The normalized spacial score (nSPS) is 12.5. The predicted molar refractivity (Wildman–Crippen MR) is 98.4 cm³/mol. The summed E-state index contributed by atoms with van der Waals surface area (Å²) < 4.78 is 33.0. The van der Waals surface area contributed by atoms with Crippen molar-refractivity contribution in [3.63, 3.8) is 0 Å². The van der Waals surface area contributed by atoms with Crippen LogP contribution in [0.5, 0.6) is 5.75 Å². The van der Waals surface area contributed by atoms with Gasteiger partial charge in [0, 0.05) is 17.4 Å². The molecule has 130 valence electrons. The van der Waals surface area contributed by atoms with E-state index in [1.807, 2.05) is 25.1 Å². The number of rotatable bonds is 7. The van der Waals surface area contributed by atoms with E-state index in [-0.39, 0.29) is 4.90 Å². The van der Waals surface area contributed by atoms with E-state index in [1.165, 1.54) is 7.11 Å². The van der Waals surface area contributed by atoms with Crippen LogP contribution in [-0.2, 0) is 10.0 Å².